The molecule has 38 heavy (non-hydrogen) atoms. The standard InChI is InChI=1S/C30H27F7O/c1-2-3-18-4-6-19(7-5-18)21-9-8-20(25(31)14-21)12-13-30(36,37)38-23-10-11-24(26(32)17-23)22-15-27(33)29(35)28(34)16-22/h8-19H,2-7H2,1H3/b13-12+. The summed E-state index contributed by atoms with van der Waals surface area (Å²) in [7, 11) is 0. The second kappa shape index (κ2) is 11.6. The molecule has 1 aliphatic rings. The Morgan fingerprint density at radius 2 is 1.50 bits per heavy atom. The molecule has 0 radical (unpaired) electrons. The van der Waals surface area contributed by atoms with Crippen molar-refractivity contribution in [1.82, 2.24) is 0 Å². The summed E-state index contributed by atoms with van der Waals surface area (Å²) < 4.78 is 103. The van der Waals surface area contributed by atoms with Gasteiger partial charge in [0, 0.05) is 23.3 Å². The van der Waals surface area contributed by atoms with Crippen LogP contribution in [0.5, 0.6) is 5.75 Å². The first-order valence-corrected chi connectivity index (χ1v) is 12.6. The molecule has 8 heteroatoms. The Labute approximate surface area is 217 Å². The minimum Gasteiger partial charge on any atom is -0.429 e. The molecule has 0 atom stereocenters. The van der Waals surface area contributed by atoms with Gasteiger partial charge in [-0.1, -0.05) is 31.9 Å². The number of benzene rings is 3. The van der Waals surface area contributed by atoms with Gasteiger partial charge in [-0.15, -0.1) is 0 Å². The Morgan fingerprint density at radius 3 is 2.11 bits per heavy atom. The first-order valence-electron chi connectivity index (χ1n) is 12.6. The molecule has 1 nitrogen and oxygen atoms in total. The number of rotatable bonds is 8. The Bertz CT molecular complexity index is 1290. The van der Waals surface area contributed by atoms with Gasteiger partial charge in [-0.3, -0.25) is 0 Å². The van der Waals surface area contributed by atoms with Crippen molar-refractivity contribution in [3.8, 4) is 16.9 Å². The van der Waals surface area contributed by atoms with Gasteiger partial charge >= 0.3 is 6.11 Å². The maximum Gasteiger partial charge on any atom is 0.419 e. The van der Waals surface area contributed by atoms with Crippen LogP contribution < -0.4 is 4.74 Å². The van der Waals surface area contributed by atoms with E-state index in [9.17, 15) is 30.7 Å². The molecule has 0 spiro atoms. The molecule has 0 amide bonds. The van der Waals surface area contributed by atoms with E-state index in [2.05, 4.69) is 11.7 Å². The van der Waals surface area contributed by atoms with Gasteiger partial charge < -0.3 is 4.74 Å². The molecule has 0 bridgehead atoms. The van der Waals surface area contributed by atoms with E-state index in [4.69, 9.17) is 0 Å². The molecule has 3 aromatic carbocycles. The molecule has 202 valence electrons. The Balaban J connectivity index is 1.43. The molecule has 4 rings (SSSR count). The second-order valence-electron chi connectivity index (χ2n) is 9.68. The van der Waals surface area contributed by atoms with Crippen LogP contribution in [0.25, 0.3) is 17.2 Å². The zero-order valence-corrected chi connectivity index (χ0v) is 20.7. The van der Waals surface area contributed by atoms with Gasteiger partial charge in [-0.25, -0.2) is 22.0 Å². The fourth-order valence-corrected chi connectivity index (χ4v) is 5.01. The Kier molecular flexibility index (Phi) is 8.48. The SMILES string of the molecule is CCCC1CCC(c2ccc(/C=C/C(F)(F)Oc3ccc(-c4cc(F)c(F)c(F)c4)c(F)c3)c(F)c2)CC1. The van der Waals surface area contributed by atoms with Crippen molar-refractivity contribution in [2.45, 2.75) is 57.5 Å². The third-order valence-electron chi connectivity index (χ3n) is 6.99. The van der Waals surface area contributed by atoms with Crippen molar-refractivity contribution >= 4 is 6.08 Å². The van der Waals surface area contributed by atoms with E-state index in [1.807, 2.05) is 0 Å². The summed E-state index contributed by atoms with van der Waals surface area (Å²) in [6.07, 6.45) is 3.85. The van der Waals surface area contributed by atoms with E-state index in [0.717, 1.165) is 55.9 Å². The van der Waals surface area contributed by atoms with Gasteiger partial charge in [0.2, 0.25) is 0 Å². The molecule has 0 saturated heterocycles. The molecule has 0 heterocycles. The predicted molar refractivity (Wildman–Crippen MR) is 132 cm³/mol. The van der Waals surface area contributed by atoms with Gasteiger partial charge in [0.05, 0.1) is 0 Å². The van der Waals surface area contributed by atoms with Crippen LogP contribution in [0.15, 0.2) is 54.6 Å². The van der Waals surface area contributed by atoms with Crippen molar-refractivity contribution in [2.24, 2.45) is 5.92 Å². The lowest BCUT2D eigenvalue weighted by atomic mass is 9.77. The molecule has 1 aliphatic carbocycles. The lowest BCUT2D eigenvalue weighted by Gasteiger charge is -2.28. The van der Waals surface area contributed by atoms with E-state index in [1.165, 1.54) is 18.6 Å². The molecule has 0 aromatic heterocycles. The smallest absolute Gasteiger partial charge is 0.419 e. The quantitative estimate of drug-likeness (QED) is 0.206. The normalized spacial score (nSPS) is 18.2. The zero-order valence-electron chi connectivity index (χ0n) is 20.7. The van der Waals surface area contributed by atoms with Crippen LogP contribution in [0.3, 0.4) is 0 Å². The molecule has 3 aromatic rings. The number of hydrogen-bond acceptors (Lipinski definition) is 1. The summed E-state index contributed by atoms with van der Waals surface area (Å²) in [5.41, 5.74) is 0.160. The number of ether oxygens (including phenoxy) is 1. The maximum absolute atomic E-state index is 14.7. The van der Waals surface area contributed by atoms with Crippen LogP contribution >= 0.6 is 0 Å². The van der Waals surface area contributed by atoms with Gasteiger partial charge in [0.25, 0.3) is 0 Å². The molecule has 0 aliphatic heterocycles. The molecule has 1 fully saturated rings. The number of halogens is 7. The number of hydrogen-bond donors (Lipinski definition) is 0. The van der Waals surface area contributed by atoms with Crippen LogP contribution in [0.2, 0.25) is 0 Å². The third-order valence-corrected chi connectivity index (χ3v) is 6.99. The highest BCUT2D eigenvalue weighted by atomic mass is 19.3. The number of alkyl halides is 2. The molecular formula is C30H27F7O. The summed E-state index contributed by atoms with van der Waals surface area (Å²) in [6, 6.07) is 8.33. The van der Waals surface area contributed by atoms with Crippen molar-refractivity contribution < 1.29 is 35.5 Å². The van der Waals surface area contributed by atoms with E-state index >= 15 is 0 Å². The van der Waals surface area contributed by atoms with E-state index in [-0.39, 0.29) is 22.6 Å². The van der Waals surface area contributed by atoms with Crippen LogP contribution in [-0.2, 0) is 0 Å². The summed E-state index contributed by atoms with van der Waals surface area (Å²) in [4.78, 5) is 0. The predicted octanol–water partition coefficient (Wildman–Crippen LogP) is 9.81. The monoisotopic (exact) mass is 536 g/mol. The van der Waals surface area contributed by atoms with Gasteiger partial charge in [0.15, 0.2) is 17.5 Å². The fraction of sp³-hybridized carbons (Fsp3) is 0.333. The van der Waals surface area contributed by atoms with Crippen LogP contribution in [-0.4, -0.2) is 6.11 Å². The summed E-state index contributed by atoms with van der Waals surface area (Å²) in [5.74, 6) is -6.09. The topological polar surface area (TPSA) is 9.23 Å². The summed E-state index contributed by atoms with van der Waals surface area (Å²) in [6.45, 7) is 2.17. The molecule has 1 saturated carbocycles. The largest absolute Gasteiger partial charge is 0.429 e. The Morgan fingerprint density at radius 1 is 0.816 bits per heavy atom. The van der Waals surface area contributed by atoms with Crippen molar-refractivity contribution in [2.75, 3.05) is 0 Å². The van der Waals surface area contributed by atoms with Crippen LogP contribution in [0, 0.1) is 35.0 Å². The third kappa shape index (κ3) is 6.58. The summed E-state index contributed by atoms with van der Waals surface area (Å²) in [5, 5.41) is 0. The van der Waals surface area contributed by atoms with E-state index in [0.29, 0.717) is 30.2 Å². The highest BCUT2D eigenvalue weighted by Crippen LogP contribution is 2.38. The summed E-state index contributed by atoms with van der Waals surface area (Å²) >= 11 is 0. The maximum atomic E-state index is 14.7. The minimum atomic E-state index is -3.91. The highest BCUT2D eigenvalue weighted by Gasteiger charge is 2.29. The average molecular weight is 537 g/mol. The van der Waals surface area contributed by atoms with Gasteiger partial charge in [-0.2, -0.15) is 8.78 Å². The van der Waals surface area contributed by atoms with E-state index < -0.39 is 40.9 Å². The fourth-order valence-electron chi connectivity index (χ4n) is 5.01. The minimum absolute atomic E-state index is 0.0430. The molecule has 0 N–H and O–H groups in total. The highest BCUT2D eigenvalue weighted by molar-refractivity contribution is 5.65. The average Bonchev–Trinajstić information content (AvgIpc) is 2.87. The van der Waals surface area contributed by atoms with E-state index in [1.54, 1.807) is 6.07 Å². The van der Waals surface area contributed by atoms with Crippen molar-refractivity contribution in [3.05, 3.63) is 94.8 Å². The van der Waals surface area contributed by atoms with Crippen LogP contribution in [0.1, 0.15) is 62.5 Å². The lowest BCUT2D eigenvalue weighted by Crippen LogP contribution is -2.21. The second-order valence-corrected chi connectivity index (χ2v) is 9.68. The van der Waals surface area contributed by atoms with Crippen molar-refractivity contribution in [1.29, 1.82) is 0 Å². The first-order chi connectivity index (χ1) is 18.1. The van der Waals surface area contributed by atoms with Gasteiger partial charge in [0.1, 0.15) is 17.4 Å². The molecular weight excluding hydrogens is 509 g/mol. The Hall–Kier alpha value is -3.29. The molecule has 0 unspecified atom stereocenters. The first kappa shape index (κ1) is 27.7. The van der Waals surface area contributed by atoms with Crippen molar-refractivity contribution in [3.63, 3.8) is 0 Å². The van der Waals surface area contributed by atoms with Crippen LogP contribution in [0.4, 0.5) is 30.7 Å². The lowest BCUT2D eigenvalue weighted by molar-refractivity contribution is -0.131. The van der Waals surface area contributed by atoms with Gasteiger partial charge in [-0.05, 0) is 85.1 Å². The zero-order chi connectivity index (χ0) is 27.4.